The van der Waals surface area contributed by atoms with Crippen LogP contribution in [0.2, 0.25) is 5.02 Å². The number of hydrogen-bond acceptors (Lipinski definition) is 6. The monoisotopic (exact) mass is 509 g/mol. The van der Waals surface area contributed by atoms with E-state index >= 15 is 0 Å². The van der Waals surface area contributed by atoms with Gasteiger partial charge in [0.15, 0.2) is 12.2 Å². The first-order chi connectivity index (χ1) is 17.4. The number of rotatable bonds is 8. The number of carbonyl (C=O) groups is 2. The highest BCUT2D eigenvalue weighted by Gasteiger charge is 2.38. The summed E-state index contributed by atoms with van der Waals surface area (Å²) in [5.41, 5.74) is 3.14. The highest BCUT2D eigenvalue weighted by atomic mass is 35.5. The van der Waals surface area contributed by atoms with Crippen molar-refractivity contribution in [1.82, 2.24) is 15.2 Å². The highest BCUT2D eigenvalue weighted by Crippen LogP contribution is 2.33. The van der Waals surface area contributed by atoms with Gasteiger partial charge in [-0.15, -0.1) is 0 Å². The number of aliphatic hydroxyl groups excluding tert-OH is 2. The standard InChI is InChI=1S/C27H28ClN3O5/c1-36-23-10-3-2-8-21(23)18-11-12-20(29-15-18)16-30-26(34)24(32)25(33)27(35)31-13-5-9-22(31)17-6-4-7-19(28)14-17/h2-4,6-8,10-12,14-15,22,24-25,32-33H,5,9,13,16H2,1H3,(H,30,34)/t22?,24-,25-/m1/s1. The number of hydrogen-bond donors (Lipinski definition) is 3. The molecule has 188 valence electrons. The van der Waals surface area contributed by atoms with Crippen LogP contribution in [-0.4, -0.2) is 57.8 Å². The molecule has 8 nitrogen and oxygen atoms in total. The fraction of sp³-hybridized carbons (Fsp3) is 0.296. The third kappa shape index (κ3) is 5.67. The van der Waals surface area contributed by atoms with E-state index in [9.17, 15) is 19.8 Å². The molecule has 0 saturated carbocycles. The van der Waals surface area contributed by atoms with Gasteiger partial charge in [0.2, 0.25) is 0 Å². The van der Waals surface area contributed by atoms with Crippen molar-refractivity contribution >= 4 is 23.4 Å². The quantitative estimate of drug-likeness (QED) is 0.430. The Hall–Kier alpha value is -3.46. The minimum Gasteiger partial charge on any atom is -0.496 e. The topological polar surface area (TPSA) is 112 Å². The molecule has 2 amide bonds. The van der Waals surface area contributed by atoms with Crippen molar-refractivity contribution in [2.45, 2.75) is 37.6 Å². The van der Waals surface area contributed by atoms with Crippen molar-refractivity contribution in [1.29, 1.82) is 0 Å². The molecule has 1 aromatic heterocycles. The summed E-state index contributed by atoms with van der Waals surface area (Å²) in [5.74, 6) is -0.831. The van der Waals surface area contributed by atoms with E-state index in [0.717, 1.165) is 28.9 Å². The number of nitrogens with zero attached hydrogens (tertiary/aromatic N) is 2. The Labute approximate surface area is 214 Å². The number of ether oxygens (including phenoxy) is 1. The summed E-state index contributed by atoms with van der Waals surface area (Å²) < 4.78 is 5.38. The minimum atomic E-state index is -1.91. The summed E-state index contributed by atoms with van der Waals surface area (Å²) in [7, 11) is 1.60. The molecule has 2 aromatic carbocycles. The van der Waals surface area contributed by atoms with Crippen molar-refractivity contribution in [3.05, 3.63) is 83.1 Å². The highest BCUT2D eigenvalue weighted by molar-refractivity contribution is 6.30. The van der Waals surface area contributed by atoms with Gasteiger partial charge in [0, 0.05) is 28.9 Å². The van der Waals surface area contributed by atoms with Crippen molar-refractivity contribution < 1.29 is 24.5 Å². The molecule has 1 fully saturated rings. The summed E-state index contributed by atoms with van der Waals surface area (Å²) in [6.45, 7) is 0.446. The van der Waals surface area contributed by atoms with E-state index in [1.54, 1.807) is 37.6 Å². The fourth-order valence-electron chi connectivity index (χ4n) is 4.39. The number of methoxy groups -OCH3 is 1. The number of carbonyl (C=O) groups excluding carboxylic acids is 2. The van der Waals surface area contributed by atoms with Crippen LogP contribution in [0.25, 0.3) is 11.1 Å². The molecule has 3 atom stereocenters. The Morgan fingerprint density at radius 2 is 1.94 bits per heavy atom. The molecule has 0 radical (unpaired) electrons. The summed E-state index contributed by atoms with van der Waals surface area (Å²) in [6.07, 6.45) is -0.680. The molecule has 1 saturated heterocycles. The lowest BCUT2D eigenvalue weighted by molar-refractivity contribution is -0.153. The largest absolute Gasteiger partial charge is 0.496 e. The SMILES string of the molecule is COc1ccccc1-c1ccc(CNC(=O)[C@H](O)[C@@H](O)C(=O)N2CCCC2c2cccc(Cl)c2)nc1. The van der Waals surface area contributed by atoms with Crippen LogP contribution < -0.4 is 10.1 Å². The number of pyridine rings is 1. The van der Waals surface area contributed by atoms with Crippen molar-refractivity contribution in [3.8, 4) is 16.9 Å². The average molecular weight is 510 g/mol. The van der Waals surface area contributed by atoms with Gasteiger partial charge in [-0.2, -0.15) is 0 Å². The van der Waals surface area contributed by atoms with Gasteiger partial charge >= 0.3 is 0 Å². The van der Waals surface area contributed by atoms with E-state index in [-0.39, 0.29) is 12.6 Å². The van der Waals surface area contributed by atoms with Crippen LogP contribution in [0.4, 0.5) is 0 Å². The summed E-state index contributed by atoms with van der Waals surface area (Å²) in [4.78, 5) is 31.3. The molecular weight excluding hydrogens is 482 g/mol. The zero-order valence-electron chi connectivity index (χ0n) is 19.8. The van der Waals surface area contributed by atoms with Crippen LogP contribution in [0.3, 0.4) is 0 Å². The molecule has 4 rings (SSSR count). The Kier molecular flexibility index (Phi) is 8.20. The number of halogens is 1. The second-order valence-corrected chi connectivity index (χ2v) is 9.03. The third-order valence-corrected chi connectivity index (χ3v) is 6.51. The molecular formula is C27H28ClN3O5. The van der Waals surface area contributed by atoms with Gasteiger partial charge in [-0.3, -0.25) is 14.6 Å². The number of benzene rings is 2. The minimum absolute atomic E-state index is 0.0257. The van der Waals surface area contributed by atoms with Crippen LogP contribution >= 0.6 is 11.6 Å². The third-order valence-electron chi connectivity index (χ3n) is 6.28. The van der Waals surface area contributed by atoms with Crippen LogP contribution in [0.15, 0.2) is 66.9 Å². The van der Waals surface area contributed by atoms with Gasteiger partial charge < -0.3 is 25.2 Å². The first kappa shape index (κ1) is 25.6. The maximum atomic E-state index is 12.9. The normalized spacial score (nSPS) is 16.9. The van der Waals surface area contributed by atoms with Gasteiger partial charge in [-0.25, -0.2) is 0 Å². The molecule has 9 heteroatoms. The zero-order chi connectivity index (χ0) is 25.7. The number of para-hydroxylation sites is 1. The molecule has 1 aliphatic heterocycles. The van der Waals surface area contributed by atoms with Crippen LogP contribution in [0.1, 0.15) is 30.1 Å². The molecule has 1 aliphatic rings. The molecule has 1 unspecified atom stereocenters. The molecule has 0 aliphatic carbocycles. The molecule has 0 bridgehead atoms. The van der Waals surface area contributed by atoms with Crippen molar-refractivity contribution in [3.63, 3.8) is 0 Å². The number of aliphatic hydroxyl groups is 2. The van der Waals surface area contributed by atoms with Crippen LogP contribution in [0.5, 0.6) is 5.75 Å². The van der Waals surface area contributed by atoms with E-state index in [0.29, 0.717) is 23.7 Å². The first-order valence-corrected chi connectivity index (χ1v) is 12.0. The maximum absolute atomic E-state index is 12.9. The number of nitrogens with one attached hydrogen (secondary N) is 1. The predicted molar refractivity (Wildman–Crippen MR) is 135 cm³/mol. The van der Waals surface area contributed by atoms with Crippen molar-refractivity contribution in [2.75, 3.05) is 13.7 Å². The predicted octanol–water partition coefficient (Wildman–Crippen LogP) is 3.11. The van der Waals surface area contributed by atoms with Gasteiger partial charge in [-0.1, -0.05) is 48.0 Å². The maximum Gasteiger partial charge on any atom is 0.255 e. The molecule has 3 aromatic rings. The van der Waals surface area contributed by atoms with E-state index < -0.39 is 24.0 Å². The van der Waals surface area contributed by atoms with Crippen LogP contribution in [0, 0.1) is 0 Å². The first-order valence-electron chi connectivity index (χ1n) is 11.7. The molecule has 0 spiro atoms. The lowest BCUT2D eigenvalue weighted by Gasteiger charge is -2.28. The Morgan fingerprint density at radius 1 is 1.14 bits per heavy atom. The molecule has 2 heterocycles. The van der Waals surface area contributed by atoms with Gasteiger partial charge in [-0.05, 0) is 42.7 Å². The lowest BCUT2D eigenvalue weighted by atomic mass is 10.0. The fourth-order valence-corrected chi connectivity index (χ4v) is 4.59. The lowest BCUT2D eigenvalue weighted by Crippen LogP contribution is -2.50. The van der Waals surface area contributed by atoms with Gasteiger partial charge in [0.1, 0.15) is 5.75 Å². The molecule has 36 heavy (non-hydrogen) atoms. The molecule has 3 N–H and O–H groups in total. The van der Waals surface area contributed by atoms with E-state index in [2.05, 4.69) is 10.3 Å². The number of likely N-dealkylation sites (tertiary alicyclic amines) is 1. The Bertz CT molecular complexity index is 1220. The second-order valence-electron chi connectivity index (χ2n) is 8.59. The van der Waals surface area contributed by atoms with Crippen LogP contribution in [-0.2, 0) is 16.1 Å². The average Bonchev–Trinajstić information content (AvgIpc) is 3.41. The summed E-state index contributed by atoms with van der Waals surface area (Å²) in [6, 6.07) is 18.1. The van der Waals surface area contributed by atoms with E-state index in [1.165, 1.54) is 4.90 Å². The van der Waals surface area contributed by atoms with E-state index in [4.69, 9.17) is 16.3 Å². The second kappa shape index (κ2) is 11.5. The van der Waals surface area contributed by atoms with E-state index in [1.807, 2.05) is 36.4 Å². The Morgan fingerprint density at radius 3 is 2.67 bits per heavy atom. The van der Waals surface area contributed by atoms with Gasteiger partial charge in [0.25, 0.3) is 11.8 Å². The summed E-state index contributed by atoms with van der Waals surface area (Å²) >= 11 is 6.09. The smallest absolute Gasteiger partial charge is 0.255 e. The Balaban J connectivity index is 1.35. The summed E-state index contributed by atoms with van der Waals surface area (Å²) in [5, 5.41) is 24.0. The zero-order valence-corrected chi connectivity index (χ0v) is 20.6. The van der Waals surface area contributed by atoms with Gasteiger partial charge in [0.05, 0.1) is 25.4 Å². The van der Waals surface area contributed by atoms with Crippen molar-refractivity contribution in [2.24, 2.45) is 0 Å². The number of amides is 2. The number of aromatic nitrogens is 1.